The maximum Gasteiger partial charge on any atom is 0.128 e. The highest BCUT2D eigenvalue weighted by Crippen LogP contribution is 2.24. The van der Waals surface area contributed by atoms with Crippen LogP contribution in [0.3, 0.4) is 0 Å². The van der Waals surface area contributed by atoms with Gasteiger partial charge in [0, 0.05) is 30.8 Å². The van der Waals surface area contributed by atoms with Gasteiger partial charge in [-0.3, -0.25) is 0 Å². The Hall–Kier alpha value is -0.700. The van der Waals surface area contributed by atoms with Gasteiger partial charge < -0.3 is 4.90 Å². The Morgan fingerprint density at radius 1 is 1.19 bits per heavy atom. The molecule has 0 bridgehead atoms. The number of rotatable bonds is 1. The molecule has 0 N–H and O–H groups in total. The van der Waals surface area contributed by atoms with E-state index < -0.39 is 0 Å². The molecule has 2 rings (SSSR count). The number of pyridine rings is 1. The largest absolute Gasteiger partial charge is 0.355 e. The van der Waals surface area contributed by atoms with Gasteiger partial charge >= 0.3 is 0 Å². The molecular formula is C13H20N2S. The van der Waals surface area contributed by atoms with E-state index in [0.717, 1.165) is 18.9 Å². The van der Waals surface area contributed by atoms with E-state index in [-0.39, 0.29) is 5.41 Å². The summed E-state index contributed by atoms with van der Waals surface area (Å²) in [6.45, 7) is 8.93. The SMILES string of the molecule is CC(C)(C)c1ccc(N2CCSCC2)nc1. The highest BCUT2D eigenvalue weighted by Gasteiger charge is 2.16. The number of aromatic nitrogens is 1. The summed E-state index contributed by atoms with van der Waals surface area (Å²) < 4.78 is 0. The third-order valence-electron chi connectivity index (χ3n) is 2.95. The topological polar surface area (TPSA) is 16.1 Å². The number of nitrogens with zero attached hydrogens (tertiary/aromatic N) is 2. The predicted octanol–water partition coefficient (Wildman–Crippen LogP) is 2.93. The van der Waals surface area contributed by atoms with Crippen LogP contribution in [0.5, 0.6) is 0 Å². The van der Waals surface area contributed by atoms with Gasteiger partial charge in [0.05, 0.1) is 0 Å². The first-order valence-corrected chi connectivity index (χ1v) is 7.02. The lowest BCUT2D eigenvalue weighted by Crippen LogP contribution is -2.33. The lowest BCUT2D eigenvalue weighted by atomic mass is 9.88. The Labute approximate surface area is 102 Å². The van der Waals surface area contributed by atoms with Gasteiger partial charge in [0.25, 0.3) is 0 Å². The van der Waals surface area contributed by atoms with Crippen LogP contribution in [0.1, 0.15) is 26.3 Å². The maximum absolute atomic E-state index is 4.59. The van der Waals surface area contributed by atoms with Gasteiger partial charge in [-0.1, -0.05) is 26.8 Å². The monoisotopic (exact) mass is 236 g/mol. The molecule has 0 saturated carbocycles. The molecule has 1 fully saturated rings. The summed E-state index contributed by atoms with van der Waals surface area (Å²) in [5.74, 6) is 3.58. The highest BCUT2D eigenvalue weighted by atomic mass is 32.2. The van der Waals surface area contributed by atoms with Crippen LogP contribution in [0.4, 0.5) is 5.82 Å². The van der Waals surface area contributed by atoms with Crippen LogP contribution in [0.2, 0.25) is 0 Å². The quantitative estimate of drug-likeness (QED) is 0.746. The fraction of sp³-hybridized carbons (Fsp3) is 0.615. The van der Waals surface area contributed by atoms with E-state index in [1.807, 2.05) is 18.0 Å². The van der Waals surface area contributed by atoms with Gasteiger partial charge in [0.15, 0.2) is 0 Å². The Morgan fingerprint density at radius 3 is 2.38 bits per heavy atom. The van der Waals surface area contributed by atoms with Gasteiger partial charge in [0.1, 0.15) is 5.82 Å². The first-order chi connectivity index (χ1) is 7.57. The van der Waals surface area contributed by atoms with Crippen molar-refractivity contribution in [2.75, 3.05) is 29.5 Å². The van der Waals surface area contributed by atoms with Crippen molar-refractivity contribution in [3.63, 3.8) is 0 Å². The summed E-state index contributed by atoms with van der Waals surface area (Å²) in [6.07, 6.45) is 2.02. The summed E-state index contributed by atoms with van der Waals surface area (Å²) in [6, 6.07) is 4.38. The molecule has 1 aliphatic rings. The van der Waals surface area contributed by atoms with Crippen LogP contribution in [-0.4, -0.2) is 29.6 Å². The average Bonchev–Trinajstić information content (AvgIpc) is 2.29. The van der Waals surface area contributed by atoms with Crippen molar-refractivity contribution in [3.05, 3.63) is 23.9 Å². The molecule has 0 aliphatic carbocycles. The zero-order valence-corrected chi connectivity index (χ0v) is 11.2. The van der Waals surface area contributed by atoms with E-state index in [2.05, 4.69) is 42.8 Å². The van der Waals surface area contributed by atoms with Crippen LogP contribution < -0.4 is 4.90 Å². The average molecular weight is 236 g/mol. The van der Waals surface area contributed by atoms with Crippen LogP contribution in [0.25, 0.3) is 0 Å². The van der Waals surface area contributed by atoms with Crippen molar-refractivity contribution in [3.8, 4) is 0 Å². The molecule has 88 valence electrons. The van der Waals surface area contributed by atoms with Gasteiger partial charge in [-0.05, 0) is 17.0 Å². The lowest BCUT2D eigenvalue weighted by molar-refractivity contribution is 0.587. The van der Waals surface area contributed by atoms with Gasteiger partial charge in [-0.2, -0.15) is 11.8 Å². The third-order valence-corrected chi connectivity index (χ3v) is 3.89. The van der Waals surface area contributed by atoms with Crippen molar-refractivity contribution in [2.45, 2.75) is 26.2 Å². The Balaban J connectivity index is 2.12. The Kier molecular flexibility index (Phi) is 3.43. The second-order valence-electron chi connectivity index (χ2n) is 5.25. The molecule has 3 heteroatoms. The minimum Gasteiger partial charge on any atom is -0.355 e. The van der Waals surface area contributed by atoms with Crippen molar-refractivity contribution in [1.82, 2.24) is 4.98 Å². The minimum absolute atomic E-state index is 0.198. The Morgan fingerprint density at radius 2 is 1.88 bits per heavy atom. The predicted molar refractivity (Wildman–Crippen MR) is 72.5 cm³/mol. The number of hydrogen-bond acceptors (Lipinski definition) is 3. The second-order valence-corrected chi connectivity index (χ2v) is 6.48. The summed E-state index contributed by atoms with van der Waals surface area (Å²) >= 11 is 2.03. The first kappa shape index (κ1) is 11.8. The normalized spacial score (nSPS) is 17.6. The van der Waals surface area contributed by atoms with E-state index in [1.54, 1.807) is 0 Å². The second kappa shape index (κ2) is 4.66. The fourth-order valence-corrected chi connectivity index (χ4v) is 2.71. The van der Waals surface area contributed by atoms with E-state index in [0.29, 0.717) is 0 Å². The molecule has 0 aromatic carbocycles. The zero-order chi connectivity index (χ0) is 11.6. The highest BCUT2D eigenvalue weighted by molar-refractivity contribution is 7.99. The molecule has 0 unspecified atom stereocenters. The van der Waals surface area contributed by atoms with Crippen molar-refractivity contribution in [2.24, 2.45) is 0 Å². The summed E-state index contributed by atoms with van der Waals surface area (Å²) in [7, 11) is 0. The van der Waals surface area contributed by atoms with Crippen LogP contribution in [-0.2, 0) is 5.41 Å². The van der Waals surface area contributed by atoms with E-state index in [4.69, 9.17) is 0 Å². The molecule has 0 spiro atoms. The van der Waals surface area contributed by atoms with Gasteiger partial charge in [-0.15, -0.1) is 0 Å². The first-order valence-electron chi connectivity index (χ1n) is 5.86. The van der Waals surface area contributed by atoms with E-state index in [1.165, 1.54) is 17.1 Å². The van der Waals surface area contributed by atoms with Gasteiger partial charge in [-0.25, -0.2) is 4.98 Å². The molecule has 1 saturated heterocycles. The molecule has 0 amide bonds. The van der Waals surface area contributed by atoms with Crippen molar-refractivity contribution in [1.29, 1.82) is 0 Å². The van der Waals surface area contributed by atoms with Crippen molar-refractivity contribution < 1.29 is 0 Å². The van der Waals surface area contributed by atoms with E-state index >= 15 is 0 Å². The van der Waals surface area contributed by atoms with Crippen LogP contribution in [0, 0.1) is 0 Å². The number of thioether (sulfide) groups is 1. The molecule has 1 aliphatic heterocycles. The number of anilines is 1. The standard InChI is InChI=1S/C13H20N2S/c1-13(2,3)11-4-5-12(14-10-11)15-6-8-16-9-7-15/h4-5,10H,6-9H2,1-3H3. The van der Waals surface area contributed by atoms with Crippen molar-refractivity contribution >= 4 is 17.6 Å². The molecule has 0 radical (unpaired) electrons. The lowest BCUT2D eigenvalue weighted by Gasteiger charge is -2.28. The molecule has 2 nitrogen and oxygen atoms in total. The summed E-state index contributed by atoms with van der Waals surface area (Å²) in [4.78, 5) is 6.96. The zero-order valence-electron chi connectivity index (χ0n) is 10.4. The molecule has 2 heterocycles. The number of hydrogen-bond donors (Lipinski definition) is 0. The van der Waals surface area contributed by atoms with Crippen LogP contribution in [0.15, 0.2) is 18.3 Å². The molecule has 1 aromatic heterocycles. The molecule has 16 heavy (non-hydrogen) atoms. The summed E-state index contributed by atoms with van der Waals surface area (Å²) in [5, 5.41) is 0. The minimum atomic E-state index is 0.198. The van der Waals surface area contributed by atoms with E-state index in [9.17, 15) is 0 Å². The van der Waals surface area contributed by atoms with Gasteiger partial charge in [0.2, 0.25) is 0 Å². The smallest absolute Gasteiger partial charge is 0.128 e. The summed E-state index contributed by atoms with van der Waals surface area (Å²) in [5.41, 5.74) is 1.51. The molecule has 0 atom stereocenters. The Bertz CT molecular complexity index is 334. The van der Waals surface area contributed by atoms with Crippen LogP contribution >= 0.6 is 11.8 Å². The third kappa shape index (κ3) is 2.70. The molecular weight excluding hydrogens is 216 g/mol. The molecule has 1 aromatic rings. The maximum atomic E-state index is 4.59. The fourth-order valence-electron chi connectivity index (χ4n) is 1.81.